The topological polar surface area (TPSA) is 103 Å². The van der Waals surface area contributed by atoms with E-state index in [1.807, 2.05) is 17.9 Å². The lowest BCUT2D eigenvalue weighted by molar-refractivity contribution is 0.392. The molecule has 0 N–H and O–H groups in total. The van der Waals surface area contributed by atoms with Gasteiger partial charge in [0.1, 0.15) is 17.3 Å². The van der Waals surface area contributed by atoms with Gasteiger partial charge in [0.15, 0.2) is 12.8 Å². The van der Waals surface area contributed by atoms with Gasteiger partial charge in [-0.05, 0) is 67.3 Å². The molecule has 0 fully saturated rings. The highest BCUT2D eigenvalue weighted by molar-refractivity contribution is 7.10. The van der Waals surface area contributed by atoms with Crippen LogP contribution in [0.15, 0.2) is 99.7 Å². The van der Waals surface area contributed by atoms with Gasteiger partial charge in [0.2, 0.25) is 0 Å². The SMILES string of the molecule is CC(C)(C)C1=C(C(C)(C)C)CC=C1.CC(C)(C)C1=C(C(C)(C)C)N=CC1.CC(C)(C)C1=C(C(C)(C)C)N=CC1.CC(C)(C)c1ccoc1C(C)(C)C.CC(C)(C)c1ncoc1C(C)(C)C.CC(C)(C)c1ncoc1C(C)(C)C.CC(C)(C)c1ncsc1C(C)(C)C. The van der Waals surface area contributed by atoms with Crippen LogP contribution in [0.3, 0.4) is 0 Å². The Balaban J connectivity index is 0.000000531. The van der Waals surface area contributed by atoms with E-state index in [0.717, 1.165) is 47.9 Å². The molecule has 0 radical (unpaired) electrons. The summed E-state index contributed by atoms with van der Waals surface area (Å²) in [5.74, 6) is 3.11. The van der Waals surface area contributed by atoms with E-state index in [1.54, 1.807) is 41.5 Å². The van der Waals surface area contributed by atoms with Crippen LogP contribution in [-0.4, -0.2) is 27.4 Å². The van der Waals surface area contributed by atoms with Crippen molar-refractivity contribution in [2.24, 2.45) is 42.5 Å². The second kappa shape index (κ2) is 30.1. The summed E-state index contributed by atoms with van der Waals surface area (Å²) in [7, 11) is 0. The number of aliphatic imine (C=N–C) groups is 2. The summed E-state index contributed by atoms with van der Waals surface area (Å²) in [4.78, 5) is 23.5. The van der Waals surface area contributed by atoms with Crippen LogP contribution in [0.2, 0.25) is 0 Å². The molecule has 0 saturated carbocycles. The molecule has 4 aromatic rings. The zero-order valence-corrected chi connectivity index (χ0v) is 68.0. The first-order valence-corrected chi connectivity index (χ1v) is 34.8. The maximum Gasteiger partial charge on any atom is 0.181 e. The third-order valence-corrected chi connectivity index (χ3v) is 16.8. The smallest absolute Gasteiger partial charge is 0.181 e. The average Bonchev–Trinajstić information content (AvgIpc) is 1.83. The van der Waals surface area contributed by atoms with Gasteiger partial charge in [-0.25, -0.2) is 15.0 Å². The van der Waals surface area contributed by atoms with Gasteiger partial charge in [0.05, 0.1) is 28.9 Å². The van der Waals surface area contributed by atoms with Crippen molar-refractivity contribution >= 4 is 23.8 Å². The van der Waals surface area contributed by atoms with Crippen LogP contribution in [0.5, 0.6) is 0 Å². The molecule has 2 aliphatic heterocycles. The minimum atomic E-state index is 0.0408. The van der Waals surface area contributed by atoms with E-state index < -0.39 is 0 Å². The molecule has 0 aromatic carbocycles. The van der Waals surface area contributed by atoms with Crippen LogP contribution in [-0.2, 0) is 43.3 Å². The van der Waals surface area contributed by atoms with Gasteiger partial charge >= 0.3 is 0 Å². The lowest BCUT2D eigenvalue weighted by atomic mass is 9.76. The van der Waals surface area contributed by atoms with Gasteiger partial charge in [0.25, 0.3) is 0 Å². The van der Waals surface area contributed by atoms with Gasteiger partial charge in [-0.2, -0.15) is 0 Å². The summed E-state index contributed by atoms with van der Waals surface area (Å²) in [6.07, 6.45) is 16.8. The quantitative estimate of drug-likeness (QED) is 0.174. The number of nitrogens with zero attached hydrogens (tertiary/aromatic N) is 5. The van der Waals surface area contributed by atoms with E-state index in [-0.39, 0.29) is 65.0 Å². The van der Waals surface area contributed by atoms with Crippen molar-refractivity contribution in [3.8, 4) is 0 Å². The maximum atomic E-state index is 5.56. The predicted molar refractivity (Wildman–Crippen MR) is 401 cm³/mol. The lowest BCUT2D eigenvalue weighted by Crippen LogP contribution is -2.20. The van der Waals surface area contributed by atoms with Crippen LogP contribution in [0.25, 0.3) is 0 Å². The Labute approximate surface area is 566 Å². The number of oxazole rings is 2. The van der Waals surface area contributed by atoms with Crippen molar-refractivity contribution in [2.45, 2.75) is 353 Å². The first kappa shape index (κ1) is 84.6. The zero-order valence-electron chi connectivity index (χ0n) is 67.2. The van der Waals surface area contributed by atoms with E-state index in [4.69, 9.17) is 13.3 Å². The van der Waals surface area contributed by atoms with Crippen LogP contribution in [0.4, 0.5) is 0 Å². The Bertz CT molecular complexity index is 2600. The minimum Gasteiger partial charge on any atom is -0.468 e. The molecule has 518 valence electrons. The van der Waals surface area contributed by atoms with Crippen LogP contribution >= 0.6 is 11.3 Å². The molecule has 0 amide bonds. The highest BCUT2D eigenvalue weighted by Crippen LogP contribution is 2.45. The van der Waals surface area contributed by atoms with Crippen molar-refractivity contribution in [1.29, 1.82) is 0 Å². The fraction of sp³-hybridized carbons (Fsp3) is 0.720. The first-order chi connectivity index (χ1) is 40.1. The van der Waals surface area contributed by atoms with Crippen molar-refractivity contribution < 1.29 is 13.3 Å². The average molecular weight is 1280 g/mol. The van der Waals surface area contributed by atoms with Gasteiger partial charge in [-0.3, -0.25) is 9.98 Å². The monoisotopic (exact) mass is 1280 g/mol. The highest BCUT2D eigenvalue weighted by Gasteiger charge is 2.35. The third-order valence-electron chi connectivity index (χ3n) is 15.5. The second-order valence-corrected chi connectivity index (χ2v) is 40.8. The number of thiazole rings is 1. The molecule has 9 heteroatoms. The third kappa shape index (κ3) is 26.7. The summed E-state index contributed by atoms with van der Waals surface area (Å²) in [5.41, 5.74) is 17.8. The van der Waals surface area contributed by atoms with Gasteiger partial charge in [-0.1, -0.05) is 309 Å². The fourth-order valence-corrected chi connectivity index (χ4v) is 11.8. The first-order valence-electron chi connectivity index (χ1n) is 33.9. The fourth-order valence-electron chi connectivity index (χ4n) is 10.8. The number of allylic oxidation sites excluding steroid dienone is 8. The molecule has 0 spiro atoms. The number of hydrogen-bond donors (Lipinski definition) is 0. The Morgan fingerprint density at radius 2 is 0.670 bits per heavy atom. The molecule has 6 heterocycles. The zero-order chi connectivity index (χ0) is 71.9. The van der Waals surface area contributed by atoms with Crippen molar-refractivity contribution in [1.82, 2.24) is 15.0 Å². The van der Waals surface area contributed by atoms with Crippen molar-refractivity contribution in [2.75, 3.05) is 0 Å². The van der Waals surface area contributed by atoms with Gasteiger partial charge in [-0.15, -0.1) is 11.3 Å². The molecule has 7 rings (SSSR count). The summed E-state index contributed by atoms with van der Waals surface area (Å²) < 4.78 is 16.4. The lowest BCUT2D eigenvalue weighted by Gasteiger charge is -2.29. The Morgan fingerprint density at radius 3 is 0.890 bits per heavy atom. The molecule has 0 saturated heterocycles. The maximum absolute atomic E-state index is 5.56. The summed E-state index contributed by atoms with van der Waals surface area (Å²) in [6.45, 7) is 93.2. The molecular weight excluding hydrogens is 1140 g/mol. The molecule has 1 aliphatic carbocycles. The molecular formula is C82H141N5O3S. The van der Waals surface area contributed by atoms with E-state index in [0.29, 0.717) is 10.8 Å². The number of furan rings is 1. The molecule has 0 atom stereocenters. The Morgan fingerprint density at radius 1 is 0.319 bits per heavy atom. The van der Waals surface area contributed by atoms with Gasteiger partial charge in [0, 0.05) is 84.9 Å². The Hall–Kier alpha value is -4.37. The number of rotatable bonds is 0. The highest BCUT2D eigenvalue weighted by atomic mass is 32.1. The molecule has 4 aromatic heterocycles. The van der Waals surface area contributed by atoms with Crippen LogP contribution in [0, 0.1) is 32.5 Å². The summed E-state index contributed by atoms with van der Waals surface area (Å²) >= 11 is 1.77. The van der Waals surface area contributed by atoms with Crippen LogP contribution < -0.4 is 0 Å². The second-order valence-electron chi connectivity index (χ2n) is 39.9. The molecule has 0 unspecified atom stereocenters. The molecule has 91 heavy (non-hydrogen) atoms. The van der Waals surface area contributed by atoms with E-state index in [2.05, 4.69) is 334 Å². The Kier molecular flexibility index (Phi) is 28.0. The minimum absolute atomic E-state index is 0.0408. The van der Waals surface area contributed by atoms with E-state index in [9.17, 15) is 0 Å². The molecule has 8 nitrogen and oxygen atoms in total. The summed E-state index contributed by atoms with van der Waals surface area (Å²) in [6, 6.07) is 2.08. The number of aromatic nitrogens is 3. The van der Waals surface area contributed by atoms with Crippen LogP contribution in [0.1, 0.15) is 355 Å². The van der Waals surface area contributed by atoms with Gasteiger partial charge < -0.3 is 13.3 Å². The van der Waals surface area contributed by atoms with Crippen molar-refractivity contribution in [3.63, 3.8) is 0 Å². The molecule has 0 bridgehead atoms. The number of hydrogen-bond acceptors (Lipinski definition) is 9. The standard InChI is InChI=1S/C13H22.2C12H21N.C12H20O.2C11H19NO.C11H19NS/c1-12(2,3)10-8-7-9-11(10)13(4,5)6;3*1-11(2,3)9-7-8-13-10(9)12(4,5)6;3*1-10(2,3)8-9(11(4,5)6)13-7-12-8/h7-8H,9H2,1-6H3;2*8H,7H2,1-6H3;7-8H,1-6H3;3*7H,1-6H3. The van der Waals surface area contributed by atoms with Crippen molar-refractivity contribution in [3.05, 3.63) is 121 Å². The van der Waals surface area contributed by atoms with E-state index >= 15 is 0 Å². The largest absolute Gasteiger partial charge is 0.468 e. The molecule has 3 aliphatic rings. The predicted octanol–water partition coefficient (Wildman–Crippen LogP) is 26.1. The normalized spacial score (nSPS) is 15.6. The summed E-state index contributed by atoms with van der Waals surface area (Å²) in [5, 5.41) is 0. The van der Waals surface area contributed by atoms with E-state index in [1.165, 1.54) is 38.7 Å².